The Bertz CT molecular complexity index is 5630. The summed E-state index contributed by atoms with van der Waals surface area (Å²) in [5, 5.41) is 0. The van der Waals surface area contributed by atoms with Crippen molar-refractivity contribution in [1.82, 2.24) is 15.0 Å². The lowest BCUT2D eigenvalue weighted by molar-refractivity contribution is 0.794. The molecule has 0 fully saturated rings. The first-order valence-electron chi connectivity index (χ1n) is 33.3. The third-order valence-corrected chi connectivity index (χ3v) is 19.8. The first kappa shape index (κ1) is 57.0. The number of benzene rings is 15. The Morgan fingerprint density at radius 1 is 0.134 bits per heavy atom. The van der Waals surface area contributed by atoms with E-state index in [4.69, 9.17) is 15.0 Å². The highest BCUT2D eigenvalue weighted by atomic mass is 15.0. The van der Waals surface area contributed by atoms with Gasteiger partial charge in [0.15, 0.2) is 17.5 Å². The van der Waals surface area contributed by atoms with Gasteiger partial charge in [0, 0.05) is 16.7 Å². The lowest BCUT2D eigenvalue weighted by atomic mass is 9.70. The summed E-state index contributed by atoms with van der Waals surface area (Å²) in [6.07, 6.45) is 0. The molecule has 2 aliphatic carbocycles. The van der Waals surface area contributed by atoms with Crippen LogP contribution in [0.5, 0.6) is 0 Å². The van der Waals surface area contributed by atoms with Crippen molar-refractivity contribution >= 4 is 0 Å². The fourth-order valence-corrected chi connectivity index (χ4v) is 15.0. The Kier molecular flexibility index (Phi) is 14.1. The Morgan fingerprint density at radius 3 is 0.670 bits per heavy atom. The molecule has 1 aromatic heterocycles. The van der Waals surface area contributed by atoms with Crippen molar-refractivity contribution in [2.24, 2.45) is 0 Å². The highest BCUT2D eigenvalue weighted by Gasteiger charge is 2.51. The van der Waals surface area contributed by atoms with Crippen molar-refractivity contribution in [1.29, 1.82) is 0 Å². The summed E-state index contributed by atoms with van der Waals surface area (Å²) in [4.78, 5) is 15.9. The summed E-state index contributed by atoms with van der Waals surface area (Å²) in [5.74, 6) is 1.79. The Balaban J connectivity index is 0.670. The molecule has 15 aromatic carbocycles. The number of hydrogen-bond acceptors (Lipinski definition) is 3. The number of rotatable bonds is 12. The molecule has 0 saturated heterocycles. The van der Waals surface area contributed by atoms with Gasteiger partial charge in [-0.3, -0.25) is 0 Å². The van der Waals surface area contributed by atoms with Crippen molar-refractivity contribution in [2.75, 3.05) is 0 Å². The molecule has 0 unspecified atom stereocenters. The van der Waals surface area contributed by atoms with Gasteiger partial charge in [-0.05, 0) is 193 Å². The van der Waals surface area contributed by atoms with E-state index in [0.29, 0.717) is 17.5 Å². The summed E-state index contributed by atoms with van der Waals surface area (Å²) in [7, 11) is 0. The maximum absolute atomic E-state index is 5.30. The first-order chi connectivity index (χ1) is 48.0. The molecule has 97 heavy (non-hydrogen) atoms. The molecule has 0 aliphatic heterocycles. The van der Waals surface area contributed by atoms with Crippen molar-refractivity contribution in [3.05, 3.63) is 392 Å². The Hall–Kier alpha value is -12.7. The smallest absolute Gasteiger partial charge is 0.164 e. The predicted molar refractivity (Wildman–Crippen MR) is 401 cm³/mol. The van der Waals surface area contributed by atoms with E-state index in [-0.39, 0.29) is 0 Å². The molecule has 0 saturated carbocycles. The van der Waals surface area contributed by atoms with E-state index in [9.17, 15) is 0 Å². The summed E-state index contributed by atoms with van der Waals surface area (Å²) < 4.78 is 0. The van der Waals surface area contributed by atoms with Crippen LogP contribution in [0.4, 0.5) is 0 Å². The van der Waals surface area contributed by atoms with E-state index in [1.807, 2.05) is 0 Å². The summed E-state index contributed by atoms with van der Waals surface area (Å²) in [6.45, 7) is 0. The minimum atomic E-state index is -0.401. The van der Waals surface area contributed by atoms with Crippen LogP contribution in [0.25, 0.3) is 157 Å². The molecule has 3 heteroatoms. The van der Waals surface area contributed by atoms with Crippen LogP contribution in [0.15, 0.2) is 370 Å². The molecule has 16 aromatic rings. The van der Waals surface area contributed by atoms with Gasteiger partial charge in [0.1, 0.15) is 0 Å². The molecule has 18 rings (SSSR count). The number of aromatic nitrogens is 3. The standard InChI is InChI=1S/C94H61N3/c1-3-20-62(21-4-1)68-24-13-28-72(54-68)74-30-15-26-70(56-74)64-44-48-66(49-45-64)91-95-92(97-93(96-91)82-37-19-36-80(60-82)78-34-17-32-76(58-78)73-29-14-25-69(55-73)63-22-5-2-6-23-63)67-50-46-65(47-51-67)71-27-16-31-75(57-71)77-33-18-35-79(59-77)81-52-53-86-85-40-9-12-43-89(85)94(90(86)61-81)87-41-10-7-38-83(87)84-39-8-11-42-88(84)94/h1-61H. The lowest BCUT2D eigenvalue weighted by Gasteiger charge is -2.30. The molecular formula is C94H61N3. The van der Waals surface area contributed by atoms with Gasteiger partial charge in [-0.1, -0.05) is 322 Å². The highest BCUT2D eigenvalue weighted by molar-refractivity contribution is 5.96. The fraction of sp³-hybridized carbons (Fsp3) is 0.0106. The van der Waals surface area contributed by atoms with Gasteiger partial charge in [0.05, 0.1) is 5.41 Å². The van der Waals surface area contributed by atoms with E-state index in [1.54, 1.807) is 0 Å². The molecule has 0 atom stereocenters. The Morgan fingerprint density at radius 2 is 0.340 bits per heavy atom. The average molecular weight is 1230 g/mol. The number of hydrogen-bond donors (Lipinski definition) is 0. The maximum Gasteiger partial charge on any atom is 0.164 e. The van der Waals surface area contributed by atoms with Gasteiger partial charge in [0.2, 0.25) is 0 Å². The van der Waals surface area contributed by atoms with Crippen molar-refractivity contribution in [3.63, 3.8) is 0 Å². The van der Waals surface area contributed by atoms with Crippen molar-refractivity contribution in [3.8, 4) is 157 Å². The molecule has 0 N–H and O–H groups in total. The molecule has 1 heterocycles. The summed E-state index contributed by atoms with van der Waals surface area (Å²) in [6, 6.07) is 134. The van der Waals surface area contributed by atoms with Crippen molar-refractivity contribution in [2.45, 2.75) is 5.41 Å². The molecule has 1 spiro atoms. The molecule has 0 bridgehead atoms. The zero-order valence-electron chi connectivity index (χ0n) is 53.1. The summed E-state index contributed by atoms with van der Waals surface area (Å²) in [5.41, 5.74) is 33.7. The minimum absolute atomic E-state index is 0.401. The van der Waals surface area contributed by atoms with Crippen LogP contribution < -0.4 is 0 Å². The van der Waals surface area contributed by atoms with Crippen LogP contribution >= 0.6 is 0 Å². The van der Waals surface area contributed by atoms with E-state index in [0.717, 1.165) is 77.9 Å². The predicted octanol–water partition coefficient (Wildman–Crippen LogP) is 24.2. The fourth-order valence-electron chi connectivity index (χ4n) is 15.0. The van der Waals surface area contributed by atoms with Crippen LogP contribution in [0.1, 0.15) is 22.3 Å². The van der Waals surface area contributed by atoms with E-state index in [2.05, 4.69) is 370 Å². The van der Waals surface area contributed by atoms with Crippen LogP contribution in [0.3, 0.4) is 0 Å². The summed E-state index contributed by atoms with van der Waals surface area (Å²) >= 11 is 0. The van der Waals surface area contributed by atoms with Gasteiger partial charge in [-0.15, -0.1) is 0 Å². The molecule has 452 valence electrons. The van der Waals surface area contributed by atoms with Gasteiger partial charge in [0.25, 0.3) is 0 Å². The molecular weight excluding hydrogens is 1170 g/mol. The van der Waals surface area contributed by atoms with Crippen LogP contribution in [-0.4, -0.2) is 15.0 Å². The van der Waals surface area contributed by atoms with Gasteiger partial charge >= 0.3 is 0 Å². The molecule has 0 amide bonds. The quantitative estimate of drug-likeness (QED) is 0.122. The average Bonchev–Trinajstić information content (AvgIpc) is 1.51. The second-order valence-corrected chi connectivity index (χ2v) is 25.4. The first-order valence-corrected chi connectivity index (χ1v) is 33.3. The highest BCUT2D eigenvalue weighted by Crippen LogP contribution is 2.63. The SMILES string of the molecule is c1ccc(-c2cccc(-c3cccc(-c4ccc(-c5nc(-c6ccc(-c7cccc(-c8cccc(-c9ccc%10c(c9)C9(c%11ccccc%11-c%11ccccc%119)c9ccccc9-%10)c8)c7)cc6)nc(-c6cccc(-c7cccc(-c8cccc(-c9ccccc9)c8)c7)c6)n5)cc4)c3)c2)cc1. The maximum atomic E-state index is 5.30. The van der Waals surface area contributed by atoms with Crippen LogP contribution in [0, 0.1) is 0 Å². The van der Waals surface area contributed by atoms with Gasteiger partial charge in [-0.25, -0.2) is 15.0 Å². The number of fused-ring (bicyclic) bond motifs is 10. The van der Waals surface area contributed by atoms with Gasteiger partial charge in [-0.2, -0.15) is 0 Å². The van der Waals surface area contributed by atoms with Crippen LogP contribution in [-0.2, 0) is 5.41 Å². The Labute approximate surface area is 565 Å². The van der Waals surface area contributed by atoms with Gasteiger partial charge < -0.3 is 0 Å². The van der Waals surface area contributed by atoms with E-state index < -0.39 is 5.41 Å². The third-order valence-electron chi connectivity index (χ3n) is 19.8. The second-order valence-electron chi connectivity index (χ2n) is 25.4. The topological polar surface area (TPSA) is 38.7 Å². The molecule has 0 radical (unpaired) electrons. The molecule has 3 nitrogen and oxygen atoms in total. The lowest BCUT2D eigenvalue weighted by Crippen LogP contribution is -2.25. The largest absolute Gasteiger partial charge is 0.208 e. The normalized spacial score (nSPS) is 12.2. The van der Waals surface area contributed by atoms with Crippen LogP contribution in [0.2, 0.25) is 0 Å². The second kappa shape index (κ2) is 24.0. The van der Waals surface area contributed by atoms with E-state index >= 15 is 0 Å². The molecule has 2 aliphatic rings. The third kappa shape index (κ3) is 10.3. The van der Waals surface area contributed by atoms with E-state index in [1.165, 1.54) is 83.5 Å². The van der Waals surface area contributed by atoms with Crippen molar-refractivity contribution < 1.29 is 0 Å². The zero-order valence-corrected chi connectivity index (χ0v) is 53.1. The zero-order chi connectivity index (χ0) is 64.2. The number of nitrogens with zero attached hydrogens (tertiary/aromatic N) is 3. The monoisotopic (exact) mass is 1230 g/mol. The minimum Gasteiger partial charge on any atom is -0.208 e.